The smallest absolute Gasteiger partial charge is 0.227 e. The molecule has 0 bridgehead atoms. The number of hydrogen-bond acceptors (Lipinski definition) is 1. The van der Waals surface area contributed by atoms with Gasteiger partial charge in [0, 0.05) is 13.0 Å². The highest BCUT2D eigenvalue weighted by Gasteiger charge is 2.26. The zero-order valence-corrected chi connectivity index (χ0v) is 11.9. The molecule has 1 heterocycles. The fourth-order valence-corrected chi connectivity index (χ4v) is 3.61. The second-order valence-electron chi connectivity index (χ2n) is 6.09. The summed E-state index contributed by atoms with van der Waals surface area (Å²) in [6, 6.07) is 5.14. The maximum atomic E-state index is 14.0. The molecular weight excluding hydrogens is 253 g/mol. The summed E-state index contributed by atoms with van der Waals surface area (Å²) in [7, 11) is 0. The molecule has 1 fully saturated rings. The van der Waals surface area contributed by atoms with Gasteiger partial charge in [0.05, 0.1) is 5.69 Å². The van der Waals surface area contributed by atoms with E-state index in [0.717, 1.165) is 24.8 Å². The predicted octanol–water partition coefficient (Wildman–Crippen LogP) is 4.08. The van der Waals surface area contributed by atoms with E-state index >= 15 is 0 Å². The Kier molecular flexibility index (Phi) is 4.04. The van der Waals surface area contributed by atoms with Crippen molar-refractivity contribution in [1.29, 1.82) is 0 Å². The number of carbonyl (C=O) groups is 1. The number of benzene rings is 1. The van der Waals surface area contributed by atoms with Gasteiger partial charge in [-0.1, -0.05) is 37.8 Å². The number of aryl methyl sites for hydroxylation is 1. The Morgan fingerprint density at radius 1 is 1.25 bits per heavy atom. The molecular formula is C17H22FNO. The summed E-state index contributed by atoms with van der Waals surface area (Å²) in [5.41, 5.74) is 1.51. The molecule has 1 aromatic rings. The van der Waals surface area contributed by atoms with Gasteiger partial charge in [-0.15, -0.1) is 0 Å². The number of halogens is 1. The highest BCUT2D eigenvalue weighted by Crippen LogP contribution is 2.32. The zero-order valence-electron chi connectivity index (χ0n) is 11.9. The van der Waals surface area contributed by atoms with Crippen LogP contribution in [-0.4, -0.2) is 12.5 Å². The third-order valence-corrected chi connectivity index (χ3v) is 4.71. The van der Waals surface area contributed by atoms with Gasteiger partial charge in [-0.3, -0.25) is 4.79 Å². The third-order valence-electron chi connectivity index (χ3n) is 4.71. The van der Waals surface area contributed by atoms with Crippen LogP contribution < -0.4 is 4.90 Å². The molecule has 1 aliphatic heterocycles. The normalized spacial score (nSPS) is 19.1. The largest absolute Gasteiger partial charge is 0.309 e. The van der Waals surface area contributed by atoms with Crippen molar-refractivity contribution in [3.8, 4) is 0 Å². The summed E-state index contributed by atoms with van der Waals surface area (Å²) in [5, 5.41) is 0. The Balaban J connectivity index is 1.69. The van der Waals surface area contributed by atoms with Crippen LogP contribution in [0, 0.1) is 11.7 Å². The van der Waals surface area contributed by atoms with Crippen LogP contribution in [0.2, 0.25) is 0 Å². The summed E-state index contributed by atoms with van der Waals surface area (Å²) in [6.07, 6.45) is 8.49. The molecule has 0 spiro atoms. The summed E-state index contributed by atoms with van der Waals surface area (Å²) in [5.74, 6) is 0.559. The fourth-order valence-electron chi connectivity index (χ4n) is 3.61. The van der Waals surface area contributed by atoms with Gasteiger partial charge in [-0.05, 0) is 36.8 Å². The van der Waals surface area contributed by atoms with Crippen molar-refractivity contribution in [3.63, 3.8) is 0 Å². The predicted molar refractivity (Wildman–Crippen MR) is 78.3 cm³/mol. The number of fused-ring (bicyclic) bond motifs is 1. The van der Waals surface area contributed by atoms with E-state index in [9.17, 15) is 9.18 Å². The van der Waals surface area contributed by atoms with Crippen LogP contribution in [0.4, 0.5) is 10.1 Å². The van der Waals surface area contributed by atoms with E-state index in [1.165, 1.54) is 31.7 Å². The van der Waals surface area contributed by atoms with Crippen molar-refractivity contribution < 1.29 is 9.18 Å². The van der Waals surface area contributed by atoms with Gasteiger partial charge in [0.1, 0.15) is 5.82 Å². The van der Waals surface area contributed by atoms with Crippen molar-refractivity contribution >= 4 is 11.6 Å². The van der Waals surface area contributed by atoms with Gasteiger partial charge in [-0.25, -0.2) is 4.39 Å². The van der Waals surface area contributed by atoms with Gasteiger partial charge >= 0.3 is 0 Å². The number of amides is 1. The highest BCUT2D eigenvalue weighted by molar-refractivity contribution is 5.94. The molecule has 1 aromatic carbocycles. The van der Waals surface area contributed by atoms with Gasteiger partial charge in [0.25, 0.3) is 0 Å². The summed E-state index contributed by atoms with van der Waals surface area (Å²) in [4.78, 5) is 14.1. The molecule has 2 aliphatic rings. The molecule has 3 heteroatoms. The number of hydrogen-bond donors (Lipinski definition) is 0. The van der Waals surface area contributed by atoms with E-state index in [1.807, 2.05) is 6.07 Å². The monoisotopic (exact) mass is 275 g/mol. The molecule has 0 atom stereocenters. The van der Waals surface area contributed by atoms with Crippen LogP contribution in [-0.2, 0) is 11.2 Å². The molecule has 0 saturated heterocycles. The third kappa shape index (κ3) is 2.72. The van der Waals surface area contributed by atoms with Crippen LogP contribution >= 0.6 is 0 Å². The standard InChI is InChI=1S/C17H22FNO/c18-15-9-3-7-14-8-4-12-19(17(14)15)16(20)11-10-13-5-1-2-6-13/h3,7,9,13H,1-2,4-6,8,10-12H2. The fraction of sp³-hybridized carbons (Fsp3) is 0.588. The maximum Gasteiger partial charge on any atom is 0.227 e. The summed E-state index contributed by atoms with van der Waals surface area (Å²) < 4.78 is 14.0. The number of anilines is 1. The minimum atomic E-state index is -0.253. The summed E-state index contributed by atoms with van der Waals surface area (Å²) >= 11 is 0. The van der Waals surface area contributed by atoms with Crippen LogP contribution in [0.3, 0.4) is 0 Å². The average molecular weight is 275 g/mol. The Bertz CT molecular complexity index is 494. The molecule has 0 aromatic heterocycles. The lowest BCUT2D eigenvalue weighted by atomic mass is 9.98. The minimum absolute atomic E-state index is 0.1000. The van der Waals surface area contributed by atoms with E-state index in [4.69, 9.17) is 0 Å². The Hall–Kier alpha value is -1.38. The molecule has 0 unspecified atom stereocenters. The molecule has 0 N–H and O–H groups in total. The number of carbonyl (C=O) groups excluding carboxylic acids is 1. The van der Waals surface area contributed by atoms with Crippen molar-refractivity contribution in [2.45, 2.75) is 51.4 Å². The molecule has 20 heavy (non-hydrogen) atoms. The number of nitrogens with zero attached hydrogens (tertiary/aromatic N) is 1. The first-order chi connectivity index (χ1) is 9.75. The second-order valence-corrected chi connectivity index (χ2v) is 6.09. The van der Waals surface area contributed by atoms with E-state index in [2.05, 4.69) is 0 Å². The first-order valence-electron chi connectivity index (χ1n) is 7.83. The zero-order chi connectivity index (χ0) is 13.9. The molecule has 1 aliphatic carbocycles. The van der Waals surface area contributed by atoms with Crippen molar-refractivity contribution in [2.24, 2.45) is 5.92 Å². The second kappa shape index (κ2) is 5.94. The summed E-state index contributed by atoms with van der Waals surface area (Å²) in [6.45, 7) is 0.664. The quantitative estimate of drug-likeness (QED) is 0.814. The maximum absolute atomic E-state index is 14.0. The van der Waals surface area contributed by atoms with Gasteiger partial charge in [-0.2, -0.15) is 0 Å². The molecule has 2 nitrogen and oxygen atoms in total. The van der Waals surface area contributed by atoms with E-state index < -0.39 is 0 Å². The van der Waals surface area contributed by atoms with E-state index in [-0.39, 0.29) is 11.7 Å². The highest BCUT2D eigenvalue weighted by atomic mass is 19.1. The first-order valence-corrected chi connectivity index (χ1v) is 7.83. The van der Waals surface area contributed by atoms with Crippen LogP contribution in [0.15, 0.2) is 18.2 Å². The van der Waals surface area contributed by atoms with Crippen molar-refractivity contribution in [3.05, 3.63) is 29.6 Å². The first kappa shape index (κ1) is 13.6. The average Bonchev–Trinajstić information content (AvgIpc) is 2.98. The molecule has 0 radical (unpaired) electrons. The number of rotatable bonds is 3. The SMILES string of the molecule is O=C(CCC1CCCC1)N1CCCc2cccc(F)c21. The van der Waals surface area contributed by atoms with Crippen LogP contribution in [0.25, 0.3) is 0 Å². The topological polar surface area (TPSA) is 20.3 Å². The Labute approximate surface area is 120 Å². The lowest BCUT2D eigenvalue weighted by molar-refractivity contribution is -0.119. The molecule has 3 rings (SSSR count). The van der Waals surface area contributed by atoms with Crippen molar-refractivity contribution in [2.75, 3.05) is 11.4 Å². The van der Waals surface area contributed by atoms with Gasteiger partial charge in [0.2, 0.25) is 5.91 Å². The van der Waals surface area contributed by atoms with Crippen molar-refractivity contribution in [1.82, 2.24) is 0 Å². The Morgan fingerprint density at radius 3 is 2.85 bits per heavy atom. The Morgan fingerprint density at radius 2 is 2.05 bits per heavy atom. The van der Waals surface area contributed by atoms with E-state index in [0.29, 0.717) is 24.6 Å². The van der Waals surface area contributed by atoms with Gasteiger partial charge < -0.3 is 4.90 Å². The molecule has 108 valence electrons. The number of para-hydroxylation sites is 1. The van der Waals surface area contributed by atoms with Gasteiger partial charge in [0.15, 0.2) is 0 Å². The lowest BCUT2D eigenvalue weighted by Crippen LogP contribution is -2.36. The lowest BCUT2D eigenvalue weighted by Gasteiger charge is -2.30. The van der Waals surface area contributed by atoms with Crippen LogP contribution in [0.5, 0.6) is 0 Å². The molecule has 1 amide bonds. The van der Waals surface area contributed by atoms with Crippen LogP contribution in [0.1, 0.15) is 50.5 Å². The molecule has 1 saturated carbocycles. The minimum Gasteiger partial charge on any atom is -0.309 e. The van der Waals surface area contributed by atoms with E-state index in [1.54, 1.807) is 11.0 Å².